The third-order valence-corrected chi connectivity index (χ3v) is 4.17. The van der Waals surface area contributed by atoms with E-state index in [-0.39, 0.29) is 5.60 Å². The van der Waals surface area contributed by atoms with E-state index in [0.717, 1.165) is 6.42 Å². The smallest absolute Gasteiger partial charge is 0.147 e. The van der Waals surface area contributed by atoms with E-state index >= 15 is 0 Å². The summed E-state index contributed by atoms with van der Waals surface area (Å²) in [5.41, 5.74) is 2.09. The third-order valence-electron chi connectivity index (χ3n) is 3.47. The maximum atomic E-state index is 6.10. The molecular weight excluding hydrogens is 248 g/mol. The van der Waals surface area contributed by atoms with Gasteiger partial charge in [-0.25, -0.2) is 0 Å². The lowest BCUT2D eigenvalue weighted by Gasteiger charge is -2.33. The van der Waals surface area contributed by atoms with Gasteiger partial charge in [-0.15, -0.1) is 0 Å². The van der Waals surface area contributed by atoms with Gasteiger partial charge in [-0.1, -0.05) is 72.8 Å². The van der Waals surface area contributed by atoms with Crippen molar-refractivity contribution < 1.29 is 4.43 Å². The summed E-state index contributed by atoms with van der Waals surface area (Å²) in [4.78, 5) is 0. The van der Waals surface area contributed by atoms with E-state index in [1.54, 1.807) is 0 Å². The van der Waals surface area contributed by atoms with Gasteiger partial charge in [0, 0.05) is 6.42 Å². The summed E-state index contributed by atoms with van der Waals surface area (Å²) in [5.74, 6) is 0. The maximum Gasteiger partial charge on any atom is 0.147 e. The first-order chi connectivity index (χ1) is 9.33. The second-order valence-corrected chi connectivity index (χ2v) is 4.94. The van der Waals surface area contributed by atoms with Crippen molar-refractivity contribution in [1.82, 2.24) is 0 Å². The second-order valence-electron chi connectivity index (χ2n) is 4.54. The molecule has 0 saturated carbocycles. The van der Waals surface area contributed by atoms with Crippen molar-refractivity contribution in [3.05, 3.63) is 83.9 Å². The number of hydrogen-bond donors (Lipinski definition) is 0. The first-order valence-corrected chi connectivity index (χ1v) is 7.42. The largest absolute Gasteiger partial charge is 0.414 e. The molecule has 0 N–H and O–H groups in total. The van der Waals surface area contributed by atoms with Gasteiger partial charge in [0.1, 0.15) is 16.1 Å². The summed E-state index contributed by atoms with van der Waals surface area (Å²) in [7, 11) is 0.699. The fraction of sp³-hybridized carbons (Fsp3) is 0.176. The number of hydrogen-bond acceptors (Lipinski definition) is 1. The number of benzene rings is 2. The van der Waals surface area contributed by atoms with Gasteiger partial charge in [-0.2, -0.15) is 0 Å². The molecule has 0 unspecified atom stereocenters. The Morgan fingerprint density at radius 3 is 1.79 bits per heavy atom. The van der Waals surface area contributed by atoms with Gasteiger partial charge in [0.25, 0.3) is 0 Å². The van der Waals surface area contributed by atoms with Crippen LogP contribution in [-0.4, -0.2) is 10.5 Å². The van der Waals surface area contributed by atoms with Crippen LogP contribution in [-0.2, 0) is 10.0 Å². The van der Waals surface area contributed by atoms with Gasteiger partial charge in [-0.05, 0) is 18.1 Å². The molecule has 0 aliphatic carbocycles. The van der Waals surface area contributed by atoms with Crippen molar-refractivity contribution in [2.24, 2.45) is 0 Å². The molecule has 0 amide bonds. The summed E-state index contributed by atoms with van der Waals surface area (Å²) in [5, 5.41) is 0. The zero-order valence-corrected chi connectivity index (χ0v) is 13.5. The molecule has 0 fully saturated rings. The van der Waals surface area contributed by atoms with Crippen LogP contribution in [0.25, 0.3) is 0 Å². The fourth-order valence-electron chi connectivity index (χ4n) is 2.42. The molecule has 2 aromatic carbocycles. The van der Waals surface area contributed by atoms with Crippen LogP contribution in [0.3, 0.4) is 0 Å². The molecule has 1 nitrogen and oxygen atoms in total. The van der Waals surface area contributed by atoms with Gasteiger partial charge in [0.2, 0.25) is 0 Å². The molecule has 2 heteroatoms. The van der Waals surface area contributed by atoms with Crippen LogP contribution in [0.4, 0.5) is 0 Å². The molecule has 2 aromatic rings. The topological polar surface area (TPSA) is 9.23 Å². The Labute approximate surface area is 118 Å². The standard InChI is InChI=1S/C17H20OSi/c1-2-3-14-17(18-19,15-10-6-4-7-11-15)16-12-8-5-9-13-16/h2-13H,14H2,1,19H3. The number of rotatable bonds is 5. The van der Waals surface area contributed by atoms with Crippen LogP contribution < -0.4 is 0 Å². The van der Waals surface area contributed by atoms with E-state index in [1.165, 1.54) is 11.1 Å². The molecule has 0 aliphatic heterocycles. The molecule has 0 saturated heterocycles. The highest BCUT2D eigenvalue weighted by Crippen LogP contribution is 2.36. The zero-order chi connectivity index (χ0) is 13.6. The summed E-state index contributed by atoms with van der Waals surface area (Å²) in [6, 6.07) is 21.0. The van der Waals surface area contributed by atoms with Crippen molar-refractivity contribution in [2.75, 3.05) is 0 Å². The van der Waals surface area contributed by atoms with Gasteiger partial charge < -0.3 is 4.43 Å². The van der Waals surface area contributed by atoms with Crippen LogP contribution >= 0.6 is 0 Å². The molecule has 0 spiro atoms. The van der Waals surface area contributed by atoms with Crippen molar-refractivity contribution in [2.45, 2.75) is 18.9 Å². The summed E-state index contributed by atoms with van der Waals surface area (Å²) < 4.78 is 6.10. The predicted molar refractivity (Wildman–Crippen MR) is 84.1 cm³/mol. The van der Waals surface area contributed by atoms with E-state index in [2.05, 4.69) is 60.7 Å². The highest BCUT2D eigenvalue weighted by atomic mass is 28.2. The molecule has 0 heterocycles. The first-order valence-electron chi connectivity index (χ1n) is 6.61. The lowest BCUT2D eigenvalue weighted by Crippen LogP contribution is -2.30. The van der Waals surface area contributed by atoms with Crippen molar-refractivity contribution in [1.29, 1.82) is 0 Å². The molecule has 0 atom stereocenters. The van der Waals surface area contributed by atoms with Crippen molar-refractivity contribution in [3.8, 4) is 0 Å². The third kappa shape index (κ3) is 2.86. The van der Waals surface area contributed by atoms with E-state index in [0.29, 0.717) is 10.5 Å². The van der Waals surface area contributed by atoms with Crippen LogP contribution in [0.2, 0.25) is 0 Å². The van der Waals surface area contributed by atoms with Crippen molar-refractivity contribution in [3.63, 3.8) is 0 Å². The summed E-state index contributed by atoms with van der Waals surface area (Å²) in [6.07, 6.45) is 5.13. The average Bonchev–Trinajstić information content (AvgIpc) is 2.51. The monoisotopic (exact) mass is 268 g/mol. The Hall–Kier alpha value is -1.64. The lowest BCUT2D eigenvalue weighted by atomic mass is 9.83. The SMILES string of the molecule is CC=CCC(O[SiH3])(c1ccccc1)c1ccccc1. The Balaban J connectivity index is 2.54. The summed E-state index contributed by atoms with van der Waals surface area (Å²) >= 11 is 0. The number of allylic oxidation sites excluding steroid dienone is 1. The van der Waals surface area contributed by atoms with Gasteiger partial charge in [-0.3, -0.25) is 0 Å². The molecule has 2 rings (SSSR count). The van der Waals surface area contributed by atoms with Crippen LogP contribution in [0.15, 0.2) is 72.8 Å². The molecule has 98 valence electrons. The zero-order valence-electron chi connectivity index (χ0n) is 11.5. The Morgan fingerprint density at radius 1 is 0.947 bits per heavy atom. The summed E-state index contributed by atoms with van der Waals surface area (Å²) in [6.45, 7) is 2.05. The minimum absolute atomic E-state index is 0.346. The highest BCUT2D eigenvalue weighted by molar-refractivity contribution is 5.98. The highest BCUT2D eigenvalue weighted by Gasteiger charge is 2.31. The van der Waals surface area contributed by atoms with Gasteiger partial charge in [0.05, 0.1) is 0 Å². The molecule has 0 aromatic heterocycles. The quantitative estimate of drug-likeness (QED) is 0.598. The Kier molecular flexibility index (Phi) is 4.72. The minimum Gasteiger partial charge on any atom is -0.414 e. The van der Waals surface area contributed by atoms with Gasteiger partial charge >= 0.3 is 0 Å². The van der Waals surface area contributed by atoms with E-state index in [4.69, 9.17) is 4.43 Å². The Morgan fingerprint density at radius 2 is 1.42 bits per heavy atom. The second kappa shape index (κ2) is 6.50. The lowest BCUT2D eigenvalue weighted by molar-refractivity contribution is 0.129. The maximum absolute atomic E-state index is 6.10. The molecular formula is C17H20OSi. The van der Waals surface area contributed by atoms with Crippen LogP contribution in [0.1, 0.15) is 24.5 Å². The first kappa shape index (κ1) is 13.8. The fourth-order valence-corrected chi connectivity index (χ4v) is 3.06. The minimum atomic E-state index is -0.346. The molecule has 0 aliphatic rings. The normalized spacial score (nSPS) is 12.1. The molecule has 0 radical (unpaired) electrons. The molecule has 0 bridgehead atoms. The van der Waals surface area contributed by atoms with Crippen LogP contribution in [0.5, 0.6) is 0 Å². The van der Waals surface area contributed by atoms with Crippen molar-refractivity contribution >= 4 is 10.5 Å². The van der Waals surface area contributed by atoms with E-state index < -0.39 is 0 Å². The Bertz CT molecular complexity index is 480. The van der Waals surface area contributed by atoms with Gasteiger partial charge in [0.15, 0.2) is 0 Å². The average molecular weight is 268 g/mol. The van der Waals surface area contributed by atoms with Crippen LogP contribution in [0, 0.1) is 0 Å². The van der Waals surface area contributed by atoms with E-state index in [1.807, 2.05) is 19.1 Å². The molecule has 19 heavy (non-hydrogen) atoms. The van der Waals surface area contributed by atoms with E-state index in [9.17, 15) is 0 Å². The predicted octanol–water partition coefficient (Wildman–Crippen LogP) is 3.19.